The van der Waals surface area contributed by atoms with Gasteiger partial charge in [-0.2, -0.15) is 13.2 Å². The van der Waals surface area contributed by atoms with Gasteiger partial charge in [-0.15, -0.1) is 0 Å². The predicted molar refractivity (Wildman–Crippen MR) is 32.1 cm³/mol. The summed E-state index contributed by atoms with van der Waals surface area (Å²) in [6.07, 6.45) is -3.83. The molecule has 0 atom stereocenters. The molecule has 0 aliphatic rings. The number of aromatic nitrogens is 2. The van der Waals surface area contributed by atoms with E-state index in [0.717, 1.165) is 6.20 Å². The Morgan fingerprint density at radius 1 is 1.58 bits per heavy atom. The van der Waals surface area contributed by atoms with E-state index in [1.807, 2.05) is 0 Å². The Kier molecular flexibility index (Phi) is 1.79. The molecule has 0 unspecified atom stereocenters. The molecule has 1 heterocycles. The number of carbonyl (C=O) groups excluding carboxylic acids is 1. The third kappa shape index (κ3) is 1.55. The number of amides is 1. The molecule has 0 saturated heterocycles. The van der Waals surface area contributed by atoms with Crippen molar-refractivity contribution in [2.24, 2.45) is 5.73 Å². The van der Waals surface area contributed by atoms with Crippen LogP contribution in [0.1, 0.15) is 16.3 Å². The van der Waals surface area contributed by atoms with Gasteiger partial charge in [0.2, 0.25) is 5.82 Å². The highest BCUT2D eigenvalue weighted by molar-refractivity contribution is 5.90. The lowest BCUT2D eigenvalue weighted by Gasteiger charge is -1.99. The zero-order valence-corrected chi connectivity index (χ0v) is 5.64. The Labute approximate surface area is 64.6 Å². The minimum absolute atomic E-state index is 0.359. The number of aromatic amines is 1. The molecule has 0 saturated carbocycles. The number of H-pyrrole nitrogens is 1. The van der Waals surface area contributed by atoms with Crippen LogP contribution in [0.15, 0.2) is 6.20 Å². The average molecular weight is 179 g/mol. The monoisotopic (exact) mass is 179 g/mol. The molecule has 4 nitrogen and oxygen atoms in total. The first-order valence-electron chi connectivity index (χ1n) is 2.83. The van der Waals surface area contributed by atoms with Crippen LogP contribution < -0.4 is 5.73 Å². The fourth-order valence-electron chi connectivity index (χ4n) is 0.590. The molecule has 1 aromatic heterocycles. The van der Waals surface area contributed by atoms with Crippen LogP contribution in [0.2, 0.25) is 0 Å². The molecule has 12 heavy (non-hydrogen) atoms. The lowest BCUT2D eigenvalue weighted by molar-refractivity contribution is -0.144. The predicted octanol–water partition coefficient (Wildman–Crippen LogP) is 0.527. The maximum atomic E-state index is 11.8. The van der Waals surface area contributed by atoms with Crippen molar-refractivity contribution in [1.29, 1.82) is 0 Å². The highest BCUT2D eigenvalue weighted by atomic mass is 19.4. The van der Waals surface area contributed by atoms with Gasteiger partial charge < -0.3 is 10.7 Å². The average Bonchev–Trinajstić information content (AvgIpc) is 2.30. The number of imidazole rings is 1. The molecule has 1 rings (SSSR count). The van der Waals surface area contributed by atoms with E-state index in [9.17, 15) is 18.0 Å². The van der Waals surface area contributed by atoms with Gasteiger partial charge in [0.25, 0.3) is 5.91 Å². The first kappa shape index (κ1) is 8.57. The van der Waals surface area contributed by atoms with Crippen molar-refractivity contribution in [1.82, 2.24) is 9.97 Å². The Bertz CT molecular complexity index is 303. The third-order valence-corrected chi connectivity index (χ3v) is 1.11. The van der Waals surface area contributed by atoms with Crippen molar-refractivity contribution in [2.75, 3.05) is 0 Å². The zero-order chi connectivity index (χ0) is 9.35. The number of hydrogen-bond donors (Lipinski definition) is 2. The smallest absolute Gasteiger partial charge is 0.364 e. The van der Waals surface area contributed by atoms with E-state index in [1.54, 1.807) is 4.98 Å². The van der Waals surface area contributed by atoms with Crippen LogP contribution in [0.5, 0.6) is 0 Å². The Hall–Kier alpha value is -1.53. The molecule has 0 aliphatic heterocycles. The van der Waals surface area contributed by atoms with Gasteiger partial charge in [-0.25, -0.2) is 4.98 Å². The molecule has 1 aromatic rings. The second-order valence-electron chi connectivity index (χ2n) is 2.01. The lowest BCUT2D eigenvalue weighted by Crippen LogP contribution is -2.13. The van der Waals surface area contributed by atoms with Crippen molar-refractivity contribution in [3.05, 3.63) is 17.7 Å². The first-order valence-corrected chi connectivity index (χ1v) is 2.83. The molecule has 0 radical (unpaired) electrons. The largest absolute Gasteiger partial charge is 0.449 e. The fraction of sp³-hybridized carbons (Fsp3) is 0.200. The normalized spacial score (nSPS) is 11.6. The molecule has 0 bridgehead atoms. The number of nitrogens with two attached hydrogens (primary N) is 1. The minimum atomic E-state index is -4.58. The SMILES string of the molecule is NC(=O)c1cnc(C(F)(F)F)[nH]1. The van der Waals surface area contributed by atoms with Crippen LogP contribution in [0.25, 0.3) is 0 Å². The van der Waals surface area contributed by atoms with Crippen molar-refractivity contribution >= 4 is 5.91 Å². The van der Waals surface area contributed by atoms with Crippen LogP contribution in [0.4, 0.5) is 13.2 Å². The lowest BCUT2D eigenvalue weighted by atomic mass is 10.5. The van der Waals surface area contributed by atoms with E-state index >= 15 is 0 Å². The second-order valence-corrected chi connectivity index (χ2v) is 2.01. The summed E-state index contributed by atoms with van der Waals surface area (Å²) in [5, 5.41) is 0. The van der Waals surface area contributed by atoms with Crippen molar-refractivity contribution < 1.29 is 18.0 Å². The molecule has 0 spiro atoms. The van der Waals surface area contributed by atoms with Gasteiger partial charge >= 0.3 is 6.18 Å². The van der Waals surface area contributed by atoms with Gasteiger partial charge in [0.05, 0.1) is 6.20 Å². The first-order chi connectivity index (χ1) is 5.41. The van der Waals surface area contributed by atoms with Gasteiger partial charge in [0.15, 0.2) is 0 Å². The van der Waals surface area contributed by atoms with Gasteiger partial charge in [0, 0.05) is 0 Å². The quantitative estimate of drug-likeness (QED) is 0.659. The van der Waals surface area contributed by atoms with Crippen LogP contribution in [-0.4, -0.2) is 15.9 Å². The number of nitrogens with zero attached hydrogens (tertiary/aromatic N) is 1. The van der Waals surface area contributed by atoms with Gasteiger partial charge in [-0.05, 0) is 0 Å². The molecular weight excluding hydrogens is 175 g/mol. The topological polar surface area (TPSA) is 71.8 Å². The van der Waals surface area contributed by atoms with Crippen molar-refractivity contribution in [3.63, 3.8) is 0 Å². The standard InChI is InChI=1S/C5H4F3N3O/c6-5(7,8)4-10-1-2(11-4)3(9)12/h1H,(H2,9,12)(H,10,11). The van der Waals surface area contributed by atoms with Gasteiger partial charge in [-0.1, -0.05) is 0 Å². The third-order valence-electron chi connectivity index (χ3n) is 1.11. The van der Waals surface area contributed by atoms with Crippen LogP contribution in [-0.2, 0) is 6.18 Å². The number of nitrogens with one attached hydrogen (secondary N) is 1. The molecular formula is C5H4F3N3O. The van der Waals surface area contributed by atoms with Crippen molar-refractivity contribution in [3.8, 4) is 0 Å². The summed E-state index contributed by atoms with van der Waals surface area (Å²) in [6.45, 7) is 0. The number of carbonyl (C=O) groups is 1. The van der Waals surface area contributed by atoms with E-state index in [0.29, 0.717) is 0 Å². The highest BCUT2D eigenvalue weighted by Crippen LogP contribution is 2.25. The van der Waals surface area contributed by atoms with Crippen LogP contribution in [0.3, 0.4) is 0 Å². The number of rotatable bonds is 1. The van der Waals surface area contributed by atoms with E-state index in [2.05, 4.69) is 4.98 Å². The maximum Gasteiger partial charge on any atom is 0.449 e. The van der Waals surface area contributed by atoms with Crippen LogP contribution in [0, 0.1) is 0 Å². The second kappa shape index (κ2) is 2.50. The maximum absolute atomic E-state index is 11.8. The van der Waals surface area contributed by atoms with Gasteiger partial charge in [-0.3, -0.25) is 4.79 Å². The molecule has 3 N–H and O–H groups in total. The van der Waals surface area contributed by atoms with E-state index in [-0.39, 0.29) is 5.69 Å². The number of hydrogen-bond acceptors (Lipinski definition) is 2. The van der Waals surface area contributed by atoms with Crippen molar-refractivity contribution in [2.45, 2.75) is 6.18 Å². The fourth-order valence-corrected chi connectivity index (χ4v) is 0.590. The summed E-state index contributed by atoms with van der Waals surface area (Å²) in [7, 11) is 0. The molecule has 1 amide bonds. The van der Waals surface area contributed by atoms with Crippen LogP contribution >= 0.6 is 0 Å². The Balaban J connectivity index is 3.00. The van der Waals surface area contributed by atoms with E-state index in [1.165, 1.54) is 0 Å². The van der Waals surface area contributed by atoms with E-state index in [4.69, 9.17) is 5.73 Å². The Morgan fingerprint density at radius 2 is 2.17 bits per heavy atom. The molecule has 0 aromatic carbocycles. The summed E-state index contributed by atoms with van der Waals surface area (Å²) in [5.41, 5.74) is 4.33. The summed E-state index contributed by atoms with van der Waals surface area (Å²) >= 11 is 0. The molecule has 7 heteroatoms. The minimum Gasteiger partial charge on any atom is -0.364 e. The molecule has 0 aliphatic carbocycles. The summed E-state index contributed by atoms with van der Waals surface area (Å²) < 4.78 is 35.5. The molecule has 66 valence electrons. The molecule has 0 fully saturated rings. The number of primary amides is 1. The summed E-state index contributed by atoms with van der Waals surface area (Å²) in [4.78, 5) is 15.0. The zero-order valence-electron chi connectivity index (χ0n) is 5.64. The highest BCUT2D eigenvalue weighted by Gasteiger charge is 2.34. The van der Waals surface area contributed by atoms with E-state index < -0.39 is 17.9 Å². The number of halogens is 3. The summed E-state index contributed by atoms with van der Waals surface area (Å²) in [5.74, 6) is -2.20. The van der Waals surface area contributed by atoms with Gasteiger partial charge in [0.1, 0.15) is 5.69 Å². The summed E-state index contributed by atoms with van der Waals surface area (Å²) in [6, 6.07) is 0. The Morgan fingerprint density at radius 3 is 2.42 bits per heavy atom. The number of alkyl halides is 3.